The summed E-state index contributed by atoms with van der Waals surface area (Å²) in [6, 6.07) is 8.22. The van der Waals surface area contributed by atoms with Gasteiger partial charge in [-0.25, -0.2) is 0 Å². The first kappa shape index (κ1) is 14.0. The Bertz CT molecular complexity index is 420. The van der Waals surface area contributed by atoms with Crippen LogP contribution in [0, 0.1) is 0 Å². The fourth-order valence-corrected chi connectivity index (χ4v) is 3.11. The molecule has 0 aliphatic carbocycles. The van der Waals surface area contributed by atoms with Crippen molar-refractivity contribution < 1.29 is 14.6 Å². The van der Waals surface area contributed by atoms with Gasteiger partial charge in [0.05, 0.1) is 18.8 Å². The van der Waals surface area contributed by atoms with Crippen molar-refractivity contribution in [3.05, 3.63) is 35.4 Å². The Morgan fingerprint density at radius 2 is 1.75 bits per heavy atom. The fourth-order valence-electron chi connectivity index (χ4n) is 3.11. The first-order valence-corrected chi connectivity index (χ1v) is 7.42. The minimum absolute atomic E-state index is 0.0154. The Morgan fingerprint density at radius 1 is 1.05 bits per heavy atom. The van der Waals surface area contributed by atoms with Crippen molar-refractivity contribution >= 4 is 0 Å². The minimum Gasteiger partial charge on any atom is -0.392 e. The van der Waals surface area contributed by atoms with E-state index in [1.807, 2.05) is 12.1 Å². The molecule has 0 saturated carbocycles. The summed E-state index contributed by atoms with van der Waals surface area (Å²) in [6.45, 7) is 5.51. The molecule has 20 heavy (non-hydrogen) atoms. The number of rotatable bonds is 3. The summed E-state index contributed by atoms with van der Waals surface area (Å²) in [5.41, 5.74) is 2.28. The van der Waals surface area contributed by atoms with Crippen molar-refractivity contribution in [2.75, 3.05) is 32.9 Å². The largest absolute Gasteiger partial charge is 0.392 e. The van der Waals surface area contributed by atoms with E-state index in [2.05, 4.69) is 17.0 Å². The van der Waals surface area contributed by atoms with Crippen LogP contribution in [0.2, 0.25) is 0 Å². The highest BCUT2D eigenvalue weighted by Crippen LogP contribution is 2.29. The van der Waals surface area contributed by atoms with Crippen molar-refractivity contribution in [2.24, 2.45) is 0 Å². The van der Waals surface area contributed by atoms with E-state index >= 15 is 0 Å². The monoisotopic (exact) mass is 277 g/mol. The quantitative estimate of drug-likeness (QED) is 0.910. The molecule has 1 spiro atoms. The molecule has 0 aromatic heterocycles. The molecular formula is C16H23NO3. The molecule has 1 N–H and O–H groups in total. The first-order chi connectivity index (χ1) is 9.80. The van der Waals surface area contributed by atoms with Crippen molar-refractivity contribution in [3.8, 4) is 0 Å². The minimum atomic E-state index is 0.0154. The molecule has 1 aromatic rings. The van der Waals surface area contributed by atoms with Gasteiger partial charge in [0.1, 0.15) is 0 Å². The summed E-state index contributed by atoms with van der Waals surface area (Å²) in [5.74, 6) is 0. The average molecular weight is 277 g/mol. The first-order valence-electron chi connectivity index (χ1n) is 7.42. The van der Waals surface area contributed by atoms with E-state index in [1.165, 1.54) is 5.56 Å². The zero-order valence-electron chi connectivity index (χ0n) is 11.9. The van der Waals surface area contributed by atoms with Gasteiger partial charge in [0, 0.05) is 45.7 Å². The van der Waals surface area contributed by atoms with E-state index in [0.29, 0.717) is 0 Å². The molecule has 0 bridgehead atoms. The van der Waals surface area contributed by atoms with Gasteiger partial charge in [0.2, 0.25) is 0 Å². The lowest BCUT2D eigenvalue weighted by atomic mass is 9.92. The zero-order chi connectivity index (χ0) is 13.8. The van der Waals surface area contributed by atoms with Crippen molar-refractivity contribution in [1.82, 2.24) is 4.90 Å². The van der Waals surface area contributed by atoms with Crippen LogP contribution >= 0.6 is 0 Å². The third kappa shape index (κ3) is 3.20. The topological polar surface area (TPSA) is 41.9 Å². The number of morpholine rings is 1. The third-order valence-corrected chi connectivity index (χ3v) is 4.34. The molecule has 4 nitrogen and oxygen atoms in total. The lowest BCUT2D eigenvalue weighted by Crippen LogP contribution is -2.54. The maximum absolute atomic E-state index is 9.08. The van der Waals surface area contributed by atoms with Gasteiger partial charge < -0.3 is 14.6 Å². The van der Waals surface area contributed by atoms with Crippen LogP contribution in [0.25, 0.3) is 0 Å². The van der Waals surface area contributed by atoms with Crippen LogP contribution in [0.3, 0.4) is 0 Å². The Morgan fingerprint density at radius 3 is 2.45 bits per heavy atom. The Kier molecular flexibility index (Phi) is 4.36. The molecule has 4 heteroatoms. The number of aliphatic hydroxyl groups is 1. The molecular weight excluding hydrogens is 254 g/mol. The van der Waals surface area contributed by atoms with Gasteiger partial charge in [0.15, 0.2) is 0 Å². The van der Waals surface area contributed by atoms with Crippen LogP contribution in [0.4, 0.5) is 0 Å². The van der Waals surface area contributed by atoms with Crippen LogP contribution in [0.1, 0.15) is 24.0 Å². The number of hydrogen-bond acceptors (Lipinski definition) is 4. The summed E-state index contributed by atoms with van der Waals surface area (Å²) in [7, 11) is 0. The van der Waals surface area contributed by atoms with Gasteiger partial charge >= 0.3 is 0 Å². The zero-order valence-corrected chi connectivity index (χ0v) is 11.9. The normalized spacial score (nSPS) is 23.1. The van der Waals surface area contributed by atoms with Gasteiger partial charge in [-0.2, -0.15) is 0 Å². The molecule has 2 heterocycles. The Labute approximate surface area is 120 Å². The predicted octanol–water partition coefficient (Wildman–Crippen LogP) is 1.56. The van der Waals surface area contributed by atoms with Crippen LogP contribution < -0.4 is 0 Å². The molecule has 2 fully saturated rings. The van der Waals surface area contributed by atoms with E-state index in [-0.39, 0.29) is 12.2 Å². The standard InChI is InChI=1S/C16H23NO3/c18-12-15-3-1-14(2-4-15)11-17-7-10-20-16(13-17)5-8-19-9-6-16/h1-4,18H,5-13H2. The van der Waals surface area contributed by atoms with Crippen LogP contribution in [0.5, 0.6) is 0 Å². The van der Waals surface area contributed by atoms with Gasteiger partial charge in [0.25, 0.3) is 0 Å². The van der Waals surface area contributed by atoms with E-state index < -0.39 is 0 Å². The second-order valence-electron chi connectivity index (χ2n) is 5.83. The molecule has 0 atom stereocenters. The van der Waals surface area contributed by atoms with E-state index in [9.17, 15) is 0 Å². The van der Waals surface area contributed by atoms with Gasteiger partial charge in [-0.1, -0.05) is 24.3 Å². The second kappa shape index (κ2) is 6.22. The summed E-state index contributed by atoms with van der Waals surface area (Å²) in [5, 5.41) is 9.08. The number of aliphatic hydroxyl groups excluding tert-OH is 1. The highest BCUT2D eigenvalue weighted by Gasteiger charge is 2.38. The molecule has 0 radical (unpaired) electrons. The van der Waals surface area contributed by atoms with Crippen LogP contribution in [-0.4, -0.2) is 48.5 Å². The average Bonchev–Trinajstić information content (AvgIpc) is 2.49. The maximum Gasteiger partial charge on any atom is 0.0853 e. The van der Waals surface area contributed by atoms with Gasteiger partial charge in [-0.05, 0) is 11.1 Å². The number of hydrogen-bond donors (Lipinski definition) is 1. The molecule has 2 saturated heterocycles. The Balaban J connectivity index is 1.61. The summed E-state index contributed by atoms with van der Waals surface area (Å²) in [6.07, 6.45) is 2.01. The highest BCUT2D eigenvalue weighted by atomic mass is 16.5. The van der Waals surface area contributed by atoms with Crippen molar-refractivity contribution in [1.29, 1.82) is 0 Å². The lowest BCUT2D eigenvalue weighted by molar-refractivity contribution is -0.155. The molecule has 3 rings (SSSR count). The van der Waals surface area contributed by atoms with E-state index in [0.717, 1.165) is 57.9 Å². The smallest absolute Gasteiger partial charge is 0.0853 e. The predicted molar refractivity (Wildman–Crippen MR) is 76.4 cm³/mol. The van der Waals surface area contributed by atoms with Crippen LogP contribution in [-0.2, 0) is 22.6 Å². The highest BCUT2D eigenvalue weighted by molar-refractivity contribution is 5.22. The summed E-state index contributed by atoms with van der Waals surface area (Å²) >= 11 is 0. The number of benzene rings is 1. The fraction of sp³-hybridized carbons (Fsp3) is 0.625. The van der Waals surface area contributed by atoms with Crippen molar-refractivity contribution in [3.63, 3.8) is 0 Å². The summed E-state index contributed by atoms with van der Waals surface area (Å²) in [4.78, 5) is 2.47. The molecule has 2 aliphatic heterocycles. The third-order valence-electron chi connectivity index (χ3n) is 4.34. The molecule has 2 aliphatic rings. The van der Waals surface area contributed by atoms with Crippen LogP contribution in [0.15, 0.2) is 24.3 Å². The summed E-state index contributed by atoms with van der Waals surface area (Å²) < 4.78 is 11.5. The molecule has 1 aromatic carbocycles. The van der Waals surface area contributed by atoms with Gasteiger partial charge in [-0.15, -0.1) is 0 Å². The number of ether oxygens (including phenoxy) is 2. The number of nitrogens with zero attached hydrogens (tertiary/aromatic N) is 1. The maximum atomic E-state index is 9.08. The SMILES string of the molecule is OCc1ccc(CN2CCOC3(CCOCC3)C2)cc1. The van der Waals surface area contributed by atoms with E-state index in [4.69, 9.17) is 14.6 Å². The molecule has 110 valence electrons. The lowest BCUT2D eigenvalue weighted by Gasteiger charge is -2.44. The van der Waals surface area contributed by atoms with E-state index in [1.54, 1.807) is 0 Å². The second-order valence-corrected chi connectivity index (χ2v) is 5.83. The van der Waals surface area contributed by atoms with Crippen molar-refractivity contribution in [2.45, 2.75) is 31.6 Å². The molecule has 0 amide bonds. The van der Waals surface area contributed by atoms with Gasteiger partial charge in [-0.3, -0.25) is 4.90 Å². The molecule has 0 unspecified atom stereocenters. The Hall–Kier alpha value is -0.940.